The second kappa shape index (κ2) is 7.01. The van der Waals surface area contributed by atoms with E-state index in [0.717, 1.165) is 5.92 Å². The van der Waals surface area contributed by atoms with E-state index in [-0.39, 0.29) is 0 Å². The molecule has 3 heteroatoms. The maximum Gasteiger partial charge on any atom is 0.0398 e. The molecule has 3 rings (SSSR count). The first-order valence-electron chi connectivity index (χ1n) is 8.86. The van der Waals surface area contributed by atoms with Crippen molar-refractivity contribution in [1.29, 1.82) is 0 Å². The van der Waals surface area contributed by atoms with Gasteiger partial charge in [-0.15, -0.1) is 0 Å². The largest absolute Gasteiger partial charge is 0.371 e. The van der Waals surface area contributed by atoms with Crippen molar-refractivity contribution >= 4 is 5.69 Å². The van der Waals surface area contributed by atoms with E-state index in [9.17, 15) is 0 Å². The summed E-state index contributed by atoms with van der Waals surface area (Å²) in [5.41, 5.74) is 4.29. The van der Waals surface area contributed by atoms with Crippen molar-refractivity contribution in [1.82, 2.24) is 10.2 Å². The molecule has 2 saturated heterocycles. The Balaban J connectivity index is 1.47. The maximum atomic E-state index is 3.83. The van der Waals surface area contributed by atoms with Crippen LogP contribution in [0.5, 0.6) is 0 Å². The fourth-order valence-electron chi connectivity index (χ4n) is 3.93. The Kier molecular flexibility index (Phi) is 5.04. The monoisotopic (exact) mass is 301 g/mol. The quantitative estimate of drug-likeness (QED) is 0.922. The molecule has 0 spiro atoms. The molecule has 0 aromatic heterocycles. The number of piperidine rings is 1. The molecule has 22 heavy (non-hydrogen) atoms. The number of benzene rings is 1. The summed E-state index contributed by atoms with van der Waals surface area (Å²) >= 11 is 0. The summed E-state index contributed by atoms with van der Waals surface area (Å²) in [6, 6.07) is 7.40. The lowest BCUT2D eigenvalue weighted by Crippen LogP contribution is -2.44. The molecule has 1 atom stereocenters. The third kappa shape index (κ3) is 3.64. The standard InChI is InChI=1S/C19H31N3/c1-15-5-4-6-19(16(15)2)22-11-8-18(9-12-22)20-13-17-7-10-21(3)14-17/h4-6,17-18,20H,7-14H2,1-3H3/t17-/m1/s1. The molecular weight excluding hydrogens is 270 g/mol. The summed E-state index contributed by atoms with van der Waals surface area (Å²) in [5, 5.41) is 3.83. The Bertz CT molecular complexity index is 491. The summed E-state index contributed by atoms with van der Waals surface area (Å²) in [5.74, 6) is 0.863. The third-order valence-electron chi connectivity index (χ3n) is 5.60. The van der Waals surface area contributed by atoms with Gasteiger partial charge >= 0.3 is 0 Å². The number of aryl methyl sites for hydroxylation is 1. The third-order valence-corrected chi connectivity index (χ3v) is 5.60. The Morgan fingerprint density at radius 1 is 1.09 bits per heavy atom. The Morgan fingerprint density at radius 3 is 2.55 bits per heavy atom. The number of likely N-dealkylation sites (tertiary alicyclic amines) is 1. The first-order chi connectivity index (χ1) is 10.6. The van der Waals surface area contributed by atoms with Crippen LogP contribution in [-0.2, 0) is 0 Å². The summed E-state index contributed by atoms with van der Waals surface area (Å²) in [6.45, 7) is 10.6. The topological polar surface area (TPSA) is 18.5 Å². The number of nitrogens with zero attached hydrogens (tertiary/aromatic N) is 2. The molecule has 3 nitrogen and oxygen atoms in total. The lowest BCUT2D eigenvalue weighted by atomic mass is 10.0. The van der Waals surface area contributed by atoms with Gasteiger partial charge in [-0.05, 0) is 76.4 Å². The fourth-order valence-corrected chi connectivity index (χ4v) is 3.93. The molecule has 2 aliphatic rings. The van der Waals surface area contributed by atoms with Crippen LogP contribution in [0.1, 0.15) is 30.4 Å². The lowest BCUT2D eigenvalue weighted by Gasteiger charge is -2.35. The summed E-state index contributed by atoms with van der Waals surface area (Å²) in [6.07, 6.45) is 3.91. The average molecular weight is 301 g/mol. The van der Waals surface area contributed by atoms with Crippen molar-refractivity contribution in [2.45, 2.75) is 39.2 Å². The van der Waals surface area contributed by atoms with E-state index < -0.39 is 0 Å². The highest BCUT2D eigenvalue weighted by Gasteiger charge is 2.23. The Morgan fingerprint density at radius 2 is 1.86 bits per heavy atom. The zero-order valence-electron chi connectivity index (χ0n) is 14.4. The fraction of sp³-hybridized carbons (Fsp3) is 0.684. The molecule has 0 bridgehead atoms. The van der Waals surface area contributed by atoms with Gasteiger partial charge in [-0.25, -0.2) is 0 Å². The second-order valence-corrected chi connectivity index (χ2v) is 7.31. The normalized spacial score (nSPS) is 24.1. The van der Waals surface area contributed by atoms with Gasteiger partial charge in [0, 0.05) is 31.4 Å². The first kappa shape index (κ1) is 15.8. The Hall–Kier alpha value is -1.06. The van der Waals surface area contributed by atoms with Crippen LogP contribution in [0.2, 0.25) is 0 Å². The van der Waals surface area contributed by atoms with Crippen LogP contribution in [0.4, 0.5) is 5.69 Å². The Labute approximate surface area is 135 Å². The van der Waals surface area contributed by atoms with Crippen molar-refractivity contribution in [3.8, 4) is 0 Å². The zero-order valence-corrected chi connectivity index (χ0v) is 14.4. The van der Waals surface area contributed by atoms with Crippen LogP contribution in [-0.4, -0.2) is 50.7 Å². The molecule has 0 aliphatic carbocycles. The van der Waals surface area contributed by atoms with Gasteiger partial charge in [0.1, 0.15) is 0 Å². The van der Waals surface area contributed by atoms with Gasteiger partial charge in [-0.2, -0.15) is 0 Å². The van der Waals surface area contributed by atoms with Crippen LogP contribution < -0.4 is 10.2 Å². The SMILES string of the molecule is Cc1cccc(N2CCC(NC[C@H]3CCN(C)C3)CC2)c1C. The molecule has 2 heterocycles. The van der Waals surface area contributed by atoms with Crippen LogP contribution >= 0.6 is 0 Å². The molecule has 2 aliphatic heterocycles. The van der Waals surface area contributed by atoms with Crippen molar-refractivity contribution in [2.24, 2.45) is 5.92 Å². The predicted octanol–water partition coefficient (Wildman–Crippen LogP) is 2.81. The molecule has 0 amide bonds. The van der Waals surface area contributed by atoms with Crippen molar-refractivity contribution in [3.05, 3.63) is 29.3 Å². The van der Waals surface area contributed by atoms with Crippen LogP contribution in [0, 0.1) is 19.8 Å². The van der Waals surface area contributed by atoms with E-state index in [1.165, 1.54) is 68.8 Å². The predicted molar refractivity (Wildman–Crippen MR) is 94.8 cm³/mol. The van der Waals surface area contributed by atoms with Crippen molar-refractivity contribution in [3.63, 3.8) is 0 Å². The van der Waals surface area contributed by atoms with E-state index in [1.807, 2.05) is 0 Å². The van der Waals surface area contributed by atoms with Crippen molar-refractivity contribution < 1.29 is 0 Å². The average Bonchev–Trinajstić information content (AvgIpc) is 2.94. The number of nitrogens with one attached hydrogen (secondary N) is 1. The van der Waals surface area contributed by atoms with E-state index in [1.54, 1.807) is 0 Å². The van der Waals surface area contributed by atoms with Crippen LogP contribution in [0.15, 0.2) is 18.2 Å². The minimum absolute atomic E-state index is 0.715. The zero-order chi connectivity index (χ0) is 15.5. The maximum absolute atomic E-state index is 3.83. The lowest BCUT2D eigenvalue weighted by molar-refractivity contribution is 0.357. The van der Waals surface area contributed by atoms with Gasteiger partial charge < -0.3 is 15.1 Å². The van der Waals surface area contributed by atoms with Gasteiger partial charge in [0.2, 0.25) is 0 Å². The summed E-state index contributed by atoms with van der Waals surface area (Å²) in [7, 11) is 2.24. The highest BCUT2D eigenvalue weighted by atomic mass is 15.2. The van der Waals surface area contributed by atoms with Crippen LogP contribution in [0.25, 0.3) is 0 Å². The van der Waals surface area contributed by atoms with Gasteiger partial charge in [0.15, 0.2) is 0 Å². The van der Waals surface area contributed by atoms with Gasteiger partial charge in [0.25, 0.3) is 0 Å². The molecule has 0 unspecified atom stereocenters. The molecule has 2 fully saturated rings. The van der Waals surface area contributed by atoms with Crippen LogP contribution in [0.3, 0.4) is 0 Å². The molecule has 1 aromatic rings. The van der Waals surface area contributed by atoms with Gasteiger partial charge in [0.05, 0.1) is 0 Å². The molecule has 1 N–H and O–H groups in total. The molecular formula is C19H31N3. The first-order valence-corrected chi connectivity index (χ1v) is 8.86. The van der Waals surface area contributed by atoms with E-state index in [2.05, 4.69) is 54.2 Å². The van der Waals surface area contributed by atoms with Gasteiger partial charge in [-0.3, -0.25) is 0 Å². The van der Waals surface area contributed by atoms with E-state index >= 15 is 0 Å². The number of hydrogen-bond donors (Lipinski definition) is 1. The summed E-state index contributed by atoms with van der Waals surface area (Å²) in [4.78, 5) is 5.03. The molecule has 1 aromatic carbocycles. The molecule has 0 radical (unpaired) electrons. The minimum Gasteiger partial charge on any atom is -0.371 e. The van der Waals surface area contributed by atoms with E-state index in [0.29, 0.717) is 6.04 Å². The number of anilines is 1. The van der Waals surface area contributed by atoms with E-state index in [4.69, 9.17) is 0 Å². The van der Waals surface area contributed by atoms with Gasteiger partial charge in [-0.1, -0.05) is 12.1 Å². The highest BCUT2D eigenvalue weighted by molar-refractivity contribution is 5.56. The highest BCUT2D eigenvalue weighted by Crippen LogP contribution is 2.26. The minimum atomic E-state index is 0.715. The number of rotatable bonds is 4. The second-order valence-electron chi connectivity index (χ2n) is 7.31. The smallest absolute Gasteiger partial charge is 0.0398 e. The molecule has 0 saturated carbocycles. The summed E-state index contributed by atoms with van der Waals surface area (Å²) < 4.78 is 0. The molecule has 122 valence electrons. The number of hydrogen-bond acceptors (Lipinski definition) is 3. The van der Waals surface area contributed by atoms with Crippen molar-refractivity contribution in [2.75, 3.05) is 44.7 Å².